The molecule has 0 heterocycles. The number of nitro benzene ring substituents is 1. The average Bonchev–Trinajstić information content (AvgIpc) is 2.38. The molecule has 0 radical (unpaired) electrons. The Morgan fingerprint density at radius 2 is 2.00 bits per heavy atom. The minimum Gasteiger partial charge on any atom is -0.318 e. The summed E-state index contributed by atoms with van der Waals surface area (Å²) in [6.07, 6.45) is 0.486. The van der Waals surface area contributed by atoms with Crippen molar-refractivity contribution in [3.63, 3.8) is 0 Å². The highest BCUT2D eigenvalue weighted by Crippen LogP contribution is 2.22. The van der Waals surface area contributed by atoms with E-state index in [9.17, 15) is 18.5 Å². The fourth-order valence-corrected chi connectivity index (χ4v) is 2.95. The van der Waals surface area contributed by atoms with E-state index in [4.69, 9.17) is 0 Å². The highest BCUT2D eigenvalue weighted by molar-refractivity contribution is 7.89. The molecule has 1 rings (SSSR count). The smallest absolute Gasteiger partial charge is 0.270 e. The molecule has 106 valence electrons. The zero-order valence-corrected chi connectivity index (χ0v) is 11.7. The third-order valence-corrected chi connectivity index (χ3v) is 4.14. The largest absolute Gasteiger partial charge is 0.318 e. The van der Waals surface area contributed by atoms with Crippen LogP contribution in [0.5, 0.6) is 0 Å². The predicted octanol–water partition coefficient (Wildman–Crippen LogP) is 0.655. The van der Waals surface area contributed by atoms with Gasteiger partial charge < -0.3 is 5.32 Å². The number of hydrogen-bond donors (Lipinski definition) is 2. The van der Waals surface area contributed by atoms with E-state index in [1.165, 1.54) is 12.1 Å². The third kappa shape index (κ3) is 3.98. The predicted molar refractivity (Wildman–Crippen MR) is 71.6 cm³/mol. The summed E-state index contributed by atoms with van der Waals surface area (Å²) in [5.41, 5.74) is 0.328. The van der Waals surface area contributed by atoms with Crippen molar-refractivity contribution in [3.8, 4) is 0 Å². The second kappa shape index (κ2) is 6.60. The Morgan fingerprint density at radius 1 is 1.32 bits per heavy atom. The molecule has 0 fully saturated rings. The van der Waals surface area contributed by atoms with Crippen molar-refractivity contribution in [1.82, 2.24) is 10.0 Å². The first-order chi connectivity index (χ1) is 8.92. The Morgan fingerprint density at radius 3 is 2.53 bits per heavy atom. The lowest BCUT2D eigenvalue weighted by molar-refractivity contribution is -0.385. The first-order valence-electron chi connectivity index (χ1n) is 5.84. The topological polar surface area (TPSA) is 101 Å². The van der Waals surface area contributed by atoms with Crippen LogP contribution < -0.4 is 10.0 Å². The van der Waals surface area contributed by atoms with Crippen LogP contribution in [-0.2, 0) is 16.4 Å². The van der Waals surface area contributed by atoms with Gasteiger partial charge in [-0.25, -0.2) is 13.1 Å². The van der Waals surface area contributed by atoms with E-state index in [1.807, 2.05) is 0 Å². The van der Waals surface area contributed by atoms with Gasteiger partial charge in [-0.15, -0.1) is 0 Å². The summed E-state index contributed by atoms with van der Waals surface area (Å²) in [4.78, 5) is 10.1. The van der Waals surface area contributed by atoms with Gasteiger partial charge in [0, 0.05) is 25.2 Å². The first-order valence-corrected chi connectivity index (χ1v) is 7.32. The van der Waals surface area contributed by atoms with Crippen LogP contribution in [0.15, 0.2) is 23.1 Å². The number of rotatable bonds is 7. The molecule has 0 aliphatic rings. The highest BCUT2D eigenvalue weighted by atomic mass is 32.2. The van der Waals surface area contributed by atoms with Gasteiger partial charge in [-0.2, -0.15) is 0 Å². The lowest BCUT2D eigenvalue weighted by Crippen LogP contribution is -2.31. The maximum atomic E-state index is 12.1. The fraction of sp³-hybridized carbons (Fsp3) is 0.455. The van der Waals surface area contributed by atoms with Gasteiger partial charge in [0.15, 0.2) is 0 Å². The van der Waals surface area contributed by atoms with Crippen LogP contribution in [-0.4, -0.2) is 33.5 Å². The molecule has 0 atom stereocenters. The monoisotopic (exact) mass is 287 g/mol. The van der Waals surface area contributed by atoms with Crippen molar-refractivity contribution in [2.75, 3.05) is 20.1 Å². The van der Waals surface area contributed by atoms with Gasteiger partial charge in [0.1, 0.15) is 0 Å². The number of benzene rings is 1. The molecule has 0 saturated heterocycles. The molecule has 0 amide bonds. The Kier molecular flexibility index (Phi) is 5.40. The molecule has 1 aromatic rings. The molecule has 8 heteroatoms. The van der Waals surface area contributed by atoms with E-state index in [-0.39, 0.29) is 17.1 Å². The Hall–Kier alpha value is -1.51. The van der Waals surface area contributed by atoms with Crippen LogP contribution in [0.1, 0.15) is 12.5 Å². The summed E-state index contributed by atoms with van der Waals surface area (Å²) >= 11 is 0. The molecule has 0 spiro atoms. The van der Waals surface area contributed by atoms with Gasteiger partial charge in [-0.1, -0.05) is 13.0 Å². The summed E-state index contributed by atoms with van der Waals surface area (Å²) < 4.78 is 26.6. The van der Waals surface area contributed by atoms with Gasteiger partial charge in [-0.05, 0) is 19.0 Å². The highest BCUT2D eigenvalue weighted by Gasteiger charge is 2.20. The van der Waals surface area contributed by atoms with E-state index >= 15 is 0 Å². The number of likely N-dealkylation sites (N-methyl/N-ethyl adjacent to an activating group) is 1. The van der Waals surface area contributed by atoms with Crippen LogP contribution in [0.3, 0.4) is 0 Å². The molecule has 7 nitrogen and oxygen atoms in total. The van der Waals surface area contributed by atoms with Crippen LogP contribution in [0.2, 0.25) is 0 Å². The van der Waals surface area contributed by atoms with Crippen LogP contribution in [0.4, 0.5) is 5.69 Å². The summed E-state index contributed by atoms with van der Waals surface area (Å²) in [7, 11) is -2.02. The second-order valence-corrected chi connectivity index (χ2v) is 5.64. The zero-order valence-electron chi connectivity index (χ0n) is 10.8. The fourth-order valence-electron chi connectivity index (χ4n) is 1.59. The van der Waals surface area contributed by atoms with Crippen molar-refractivity contribution in [3.05, 3.63) is 33.9 Å². The van der Waals surface area contributed by atoms with E-state index in [0.29, 0.717) is 18.5 Å². The summed E-state index contributed by atoms with van der Waals surface area (Å²) in [6, 6.07) is 3.89. The van der Waals surface area contributed by atoms with Crippen molar-refractivity contribution >= 4 is 15.7 Å². The lowest BCUT2D eigenvalue weighted by Gasteiger charge is -2.10. The van der Waals surface area contributed by atoms with E-state index in [2.05, 4.69) is 10.0 Å². The molecule has 19 heavy (non-hydrogen) atoms. The maximum absolute atomic E-state index is 12.1. The van der Waals surface area contributed by atoms with Gasteiger partial charge in [0.25, 0.3) is 5.69 Å². The molecule has 1 aromatic carbocycles. The molecule has 0 aliphatic heterocycles. The normalized spacial score (nSPS) is 11.5. The molecule has 2 N–H and O–H groups in total. The van der Waals surface area contributed by atoms with Crippen molar-refractivity contribution in [1.29, 1.82) is 0 Å². The summed E-state index contributed by atoms with van der Waals surface area (Å²) in [6.45, 7) is 2.51. The lowest BCUT2D eigenvalue weighted by atomic mass is 10.1. The number of non-ortho nitro benzene ring substituents is 1. The minimum absolute atomic E-state index is 0.0275. The van der Waals surface area contributed by atoms with Crippen LogP contribution in [0, 0.1) is 10.1 Å². The number of nitro groups is 1. The first kappa shape index (κ1) is 15.5. The van der Waals surface area contributed by atoms with Crippen LogP contribution >= 0.6 is 0 Å². The maximum Gasteiger partial charge on any atom is 0.270 e. The quantitative estimate of drug-likeness (QED) is 0.435. The number of nitrogens with zero attached hydrogens (tertiary/aromatic N) is 1. The molecular formula is C11H17N3O4S. The number of hydrogen-bond acceptors (Lipinski definition) is 5. The van der Waals surface area contributed by atoms with Crippen molar-refractivity contribution in [2.45, 2.75) is 18.2 Å². The SMILES string of the molecule is CCc1ccc([N+](=O)[O-])cc1S(=O)(=O)NCCNC. The van der Waals surface area contributed by atoms with Crippen LogP contribution in [0.25, 0.3) is 0 Å². The second-order valence-electron chi connectivity index (χ2n) is 3.90. The Balaban J connectivity index is 3.15. The van der Waals surface area contributed by atoms with E-state index < -0.39 is 14.9 Å². The van der Waals surface area contributed by atoms with Gasteiger partial charge in [-0.3, -0.25) is 10.1 Å². The molecule has 0 saturated carbocycles. The van der Waals surface area contributed by atoms with Gasteiger partial charge >= 0.3 is 0 Å². The molecule has 0 bridgehead atoms. The van der Waals surface area contributed by atoms with Crippen molar-refractivity contribution < 1.29 is 13.3 Å². The summed E-state index contributed by atoms with van der Waals surface area (Å²) in [5.74, 6) is 0. The van der Waals surface area contributed by atoms with Gasteiger partial charge in [0.05, 0.1) is 9.82 Å². The standard InChI is InChI=1S/C11H17N3O4S/c1-3-9-4-5-10(14(15)16)8-11(9)19(17,18)13-7-6-12-2/h4-5,8,12-13H,3,6-7H2,1-2H3. The van der Waals surface area contributed by atoms with Gasteiger partial charge in [0.2, 0.25) is 10.0 Å². The Bertz CT molecular complexity index is 557. The number of sulfonamides is 1. The Labute approximate surface area is 112 Å². The molecule has 0 aromatic heterocycles. The third-order valence-electron chi connectivity index (χ3n) is 2.60. The number of aryl methyl sites for hydroxylation is 1. The molecule has 0 aliphatic carbocycles. The molecule has 0 unspecified atom stereocenters. The van der Waals surface area contributed by atoms with E-state index in [1.54, 1.807) is 14.0 Å². The molecular weight excluding hydrogens is 270 g/mol. The minimum atomic E-state index is -3.73. The van der Waals surface area contributed by atoms with Crippen molar-refractivity contribution in [2.24, 2.45) is 0 Å². The van der Waals surface area contributed by atoms with E-state index in [0.717, 1.165) is 6.07 Å². The average molecular weight is 287 g/mol. The number of nitrogens with one attached hydrogen (secondary N) is 2. The zero-order chi connectivity index (χ0) is 14.5. The summed E-state index contributed by atoms with van der Waals surface area (Å²) in [5, 5.41) is 13.5.